The van der Waals surface area contributed by atoms with Gasteiger partial charge < -0.3 is 5.11 Å². The summed E-state index contributed by atoms with van der Waals surface area (Å²) in [4.78, 5) is 3.78. The third kappa shape index (κ3) is 7.74. The second-order valence-corrected chi connectivity index (χ2v) is 3.53. The van der Waals surface area contributed by atoms with E-state index in [0.29, 0.717) is 5.92 Å². The van der Waals surface area contributed by atoms with Gasteiger partial charge in [0.25, 0.3) is 0 Å². The van der Waals surface area contributed by atoms with Gasteiger partial charge in [-0.1, -0.05) is 26.3 Å². The van der Waals surface area contributed by atoms with E-state index < -0.39 is 0 Å². The first-order valence-corrected chi connectivity index (χ1v) is 5.21. The van der Waals surface area contributed by atoms with Gasteiger partial charge in [-0.25, -0.2) is 0 Å². The first-order valence-electron chi connectivity index (χ1n) is 5.21. The second-order valence-electron chi connectivity index (χ2n) is 3.53. The van der Waals surface area contributed by atoms with Crippen LogP contribution < -0.4 is 0 Å². The van der Waals surface area contributed by atoms with Crippen molar-refractivity contribution in [3.8, 4) is 0 Å². The molecular formula is C12H21NO. The van der Waals surface area contributed by atoms with Crippen LogP contribution in [0, 0.1) is 5.92 Å². The standard InChI is InChI=1S/C7H16O.C5H5N/c1-4-5-6(2)7(3)8;1-2-4-6-5-3-1/h6-8H,4-5H2,1-3H3;1-5H. The molecule has 14 heavy (non-hydrogen) atoms. The molecule has 0 aliphatic rings. The maximum Gasteiger partial charge on any atom is 0.0537 e. The van der Waals surface area contributed by atoms with Crippen LogP contribution in [0.1, 0.15) is 33.6 Å². The van der Waals surface area contributed by atoms with Gasteiger partial charge in [0.15, 0.2) is 0 Å². The Bertz CT molecular complexity index is 172. The van der Waals surface area contributed by atoms with E-state index in [-0.39, 0.29) is 6.10 Å². The largest absolute Gasteiger partial charge is 0.393 e. The van der Waals surface area contributed by atoms with Gasteiger partial charge in [-0.05, 0) is 31.4 Å². The van der Waals surface area contributed by atoms with E-state index in [4.69, 9.17) is 5.11 Å². The van der Waals surface area contributed by atoms with E-state index >= 15 is 0 Å². The molecule has 2 atom stereocenters. The maximum absolute atomic E-state index is 8.95. The molecule has 1 N–H and O–H groups in total. The molecule has 2 unspecified atom stereocenters. The average Bonchev–Trinajstić information content (AvgIpc) is 2.21. The third-order valence-electron chi connectivity index (χ3n) is 2.13. The number of hydrogen-bond acceptors (Lipinski definition) is 2. The topological polar surface area (TPSA) is 33.1 Å². The zero-order valence-electron chi connectivity index (χ0n) is 9.35. The van der Waals surface area contributed by atoms with Crippen LogP contribution in [0.15, 0.2) is 30.6 Å². The van der Waals surface area contributed by atoms with Gasteiger partial charge in [-0.15, -0.1) is 0 Å². The minimum atomic E-state index is -0.130. The Balaban J connectivity index is 0.000000249. The van der Waals surface area contributed by atoms with Crippen molar-refractivity contribution < 1.29 is 5.11 Å². The van der Waals surface area contributed by atoms with Crippen molar-refractivity contribution in [3.05, 3.63) is 30.6 Å². The Labute approximate surface area is 87.0 Å². The minimum absolute atomic E-state index is 0.130. The molecule has 0 aromatic carbocycles. The summed E-state index contributed by atoms with van der Waals surface area (Å²) >= 11 is 0. The van der Waals surface area contributed by atoms with E-state index in [1.807, 2.05) is 25.1 Å². The van der Waals surface area contributed by atoms with Crippen molar-refractivity contribution in [2.45, 2.75) is 39.7 Å². The maximum atomic E-state index is 8.95. The van der Waals surface area contributed by atoms with E-state index in [1.165, 1.54) is 6.42 Å². The Morgan fingerprint density at radius 1 is 1.14 bits per heavy atom. The highest BCUT2D eigenvalue weighted by Crippen LogP contribution is 2.08. The smallest absolute Gasteiger partial charge is 0.0537 e. The Morgan fingerprint density at radius 2 is 1.71 bits per heavy atom. The van der Waals surface area contributed by atoms with E-state index in [0.717, 1.165) is 6.42 Å². The van der Waals surface area contributed by atoms with Crippen LogP contribution in [-0.2, 0) is 0 Å². The molecule has 0 aliphatic heterocycles. The van der Waals surface area contributed by atoms with Crippen LogP contribution in [0.4, 0.5) is 0 Å². The summed E-state index contributed by atoms with van der Waals surface area (Å²) in [6, 6.07) is 5.72. The molecule has 1 aromatic rings. The van der Waals surface area contributed by atoms with E-state index in [9.17, 15) is 0 Å². The van der Waals surface area contributed by atoms with Crippen molar-refractivity contribution >= 4 is 0 Å². The lowest BCUT2D eigenvalue weighted by Gasteiger charge is -2.11. The first kappa shape index (κ1) is 13.1. The van der Waals surface area contributed by atoms with Crippen LogP contribution in [-0.4, -0.2) is 16.2 Å². The fourth-order valence-corrected chi connectivity index (χ4v) is 1.01. The fourth-order valence-electron chi connectivity index (χ4n) is 1.01. The molecule has 1 rings (SSSR count). The number of rotatable bonds is 3. The number of pyridine rings is 1. The molecule has 0 aliphatic carbocycles. The molecule has 0 saturated carbocycles. The summed E-state index contributed by atoms with van der Waals surface area (Å²) in [6.07, 6.45) is 5.68. The molecule has 0 amide bonds. The van der Waals surface area contributed by atoms with Gasteiger partial charge in [0.05, 0.1) is 6.10 Å². The third-order valence-corrected chi connectivity index (χ3v) is 2.13. The Morgan fingerprint density at radius 3 is 1.86 bits per heavy atom. The predicted octanol–water partition coefficient (Wildman–Crippen LogP) is 2.89. The van der Waals surface area contributed by atoms with Gasteiger partial charge in [-0.2, -0.15) is 0 Å². The number of aromatic nitrogens is 1. The molecule has 2 nitrogen and oxygen atoms in total. The lowest BCUT2D eigenvalue weighted by atomic mass is 10.0. The SMILES string of the molecule is CCCC(C)C(C)O.c1ccncc1. The highest BCUT2D eigenvalue weighted by Gasteiger charge is 2.05. The van der Waals surface area contributed by atoms with Crippen molar-refractivity contribution in [2.24, 2.45) is 5.92 Å². The summed E-state index contributed by atoms with van der Waals surface area (Å²) < 4.78 is 0. The molecule has 0 spiro atoms. The van der Waals surface area contributed by atoms with Crippen molar-refractivity contribution in [3.63, 3.8) is 0 Å². The number of hydrogen-bond donors (Lipinski definition) is 1. The van der Waals surface area contributed by atoms with Crippen molar-refractivity contribution in [1.29, 1.82) is 0 Å². The second kappa shape index (κ2) is 8.70. The average molecular weight is 195 g/mol. The Hall–Kier alpha value is -0.890. The lowest BCUT2D eigenvalue weighted by Crippen LogP contribution is -2.11. The van der Waals surface area contributed by atoms with Crippen molar-refractivity contribution in [1.82, 2.24) is 4.98 Å². The molecule has 1 aromatic heterocycles. The Kier molecular flexibility index (Phi) is 8.14. The lowest BCUT2D eigenvalue weighted by molar-refractivity contribution is 0.129. The highest BCUT2D eigenvalue weighted by molar-refractivity contribution is 4.88. The summed E-state index contributed by atoms with van der Waals surface area (Å²) in [5.41, 5.74) is 0. The first-order chi connectivity index (χ1) is 6.68. The zero-order valence-corrected chi connectivity index (χ0v) is 9.35. The molecule has 1 heterocycles. The summed E-state index contributed by atoms with van der Waals surface area (Å²) in [7, 11) is 0. The number of nitrogens with zero attached hydrogens (tertiary/aromatic N) is 1. The molecule has 0 fully saturated rings. The summed E-state index contributed by atoms with van der Waals surface area (Å²) in [5.74, 6) is 0.472. The van der Waals surface area contributed by atoms with E-state index in [1.54, 1.807) is 12.4 Å². The molecule has 0 radical (unpaired) electrons. The quantitative estimate of drug-likeness (QED) is 0.804. The van der Waals surface area contributed by atoms with Gasteiger partial charge in [0.1, 0.15) is 0 Å². The van der Waals surface area contributed by atoms with Crippen LogP contribution in [0.2, 0.25) is 0 Å². The molecular weight excluding hydrogens is 174 g/mol. The van der Waals surface area contributed by atoms with Crippen LogP contribution in [0.3, 0.4) is 0 Å². The summed E-state index contributed by atoms with van der Waals surface area (Å²) in [5, 5.41) is 8.95. The van der Waals surface area contributed by atoms with E-state index in [2.05, 4.69) is 18.8 Å². The number of aliphatic hydroxyl groups excluding tert-OH is 1. The van der Waals surface area contributed by atoms with Crippen molar-refractivity contribution in [2.75, 3.05) is 0 Å². The van der Waals surface area contributed by atoms with Gasteiger partial charge in [0.2, 0.25) is 0 Å². The molecule has 80 valence electrons. The molecule has 0 saturated heterocycles. The van der Waals surface area contributed by atoms with Crippen LogP contribution in [0.25, 0.3) is 0 Å². The van der Waals surface area contributed by atoms with Gasteiger partial charge >= 0.3 is 0 Å². The minimum Gasteiger partial charge on any atom is -0.393 e. The van der Waals surface area contributed by atoms with Crippen LogP contribution in [0.5, 0.6) is 0 Å². The summed E-state index contributed by atoms with van der Waals surface area (Å²) in [6.45, 7) is 6.06. The normalized spacial score (nSPS) is 13.7. The molecule has 0 bridgehead atoms. The molecule has 2 heteroatoms. The predicted molar refractivity (Wildman–Crippen MR) is 60.0 cm³/mol. The monoisotopic (exact) mass is 195 g/mol. The number of aliphatic hydroxyl groups is 1. The zero-order chi connectivity index (χ0) is 10.8. The highest BCUT2D eigenvalue weighted by atomic mass is 16.3. The van der Waals surface area contributed by atoms with Gasteiger partial charge in [0, 0.05) is 12.4 Å². The van der Waals surface area contributed by atoms with Crippen LogP contribution >= 0.6 is 0 Å². The van der Waals surface area contributed by atoms with Gasteiger partial charge in [-0.3, -0.25) is 4.98 Å². The fraction of sp³-hybridized carbons (Fsp3) is 0.583.